The first-order valence-electron chi connectivity index (χ1n) is 4.00. The molecule has 0 amide bonds. The van der Waals surface area contributed by atoms with Gasteiger partial charge in [-0.05, 0) is 5.56 Å². The van der Waals surface area contributed by atoms with Crippen molar-refractivity contribution in [3.8, 4) is 0 Å². The summed E-state index contributed by atoms with van der Waals surface area (Å²) in [7, 11) is 0. The average molecular weight is 192 g/mol. The van der Waals surface area contributed by atoms with Gasteiger partial charge >= 0.3 is 0 Å². The highest BCUT2D eigenvalue weighted by Gasteiger charge is 2.02. The molecule has 0 spiro atoms. The van der Waals surface area contributed by atoms with E-state index in [1.165, 1.54) is 5.56 Å². The number of halogens is 1. The molecule has 2 rings (SSSR count). The summed E-state index contributed by atoms with van der Waals surface area (Å²) < 4.78 is 0. The lowest BCUT2D eigenvalue weighted by atomic mass is 10.1. The minimum absolute atomic E-state index is 0.573. The molecule has 0 aliphatic rings. The Kier molecular flexibility index (Phi) is 2.32. The van der Waals surface area contributed by atoms with Crippen molar-refractivity contribution in [1.82, 2.24) is 10.2 Å². The Bertz CT molecular complexity index is 381. The number of H-pyrrole nitrogens is 1. The van der Waals surface area contributed by atoms with Gasteiger partial charge in [0.25, 0.3) is 0 Å². The van der Waals surface area contributed by atoms with Gasteiger partial charge in [-0.2, -0.15) is 5.10 Å². The van der Waals surface area contributed by atoms with Crippen molar-refractivity contribution in [3.05, 3.63) is 52.8 Å². The zero-order valence-corrected chi connectivity index (χ0v) is 7.67. The predicted octanol–water partition coefficient (Wildman–Crippen LogP) is 2.45. The topological polar surface area (TPSA) is 28.7 Å². The maximum absolute atomic E-state index is 5.84. The number of hydrogen-bond donors (Lipinski definition) is 1. The van der Waals surface area contributed by atoms with E-state index >= 15 is 0 Å². The summed E-state index contributed by atoms with van der Waals surface area (Å²) in [4.78, 5) is 0. The minimum atomic E-state index is 0.573. The maximum Gasteiger partial charge on any atom is 0.128 e. The largest absolute Gasteiger partial charge is 0.266 e. The van der Waals surface area contributed by atoms with Gasteiger partial charge < -0.3 is 0 Å². The summed E-state index contributed by atoms with van der Waals surface area (Å²) in [6.45, 7) is 0. The standard InChI is InChI=1S/C10H8ClN2/c11-10-9(7-12-13-10)6-8-4-2-1-3-5-8/h1-5H,6H2,(H,12,13). The summed E-state index contributed by atoms with van der Waals surface area (Å²) >= 11 is 5.84. The van der Waals surface area contributed by atoms with Crippen LogP contribution in [-0.2, 0) is 6.42 Å². The molecule has 0 bridgehead atoms. The van der Waals surface area contributed by atoms with Crippen LogP contribution in [0.5, 0.6) is 0 Å². The molecular weight excluding hydrogens is 184 g/mol. The third-order valence-electron chi connectivity index (χ3n) is 1.83. The molecule has 0 atom stereocenters. The van der Waals surface area contributed by atoms with Gasteiger partial charge in [-0.25, -0.2) is 0 Å². The monoisotopic (exact) mass is 191 g/mol. The summed E-state index contributed by atoms with van der Waals surface area (Å²) in [5.41, 5.74) is 2.12. The first-order chi connectivity index (χ1) is 6.36. The van der Waals surface area contributed by atoms with Crippen molar-refractivity contribution in [2.75, 3.05) is 0 Å². The Labute approximate surface area is 81.6 Å². The molecule has 2 nitrogen and oxygen atoms in total. The van der Waals surface area contributed by atoms with Gasteiger partial charge in [0.2, 0.25) is 0 Å². The lowest BCUT2D eigenvalue weighted by Gasteiger charge is -1.97. The molecule has 0 aliphatic heterocycles. The van der Waals surface area contributed by atoms with Gasteiger partial charge in [-0.15, -0.1) is 0 Å². The molecule has 1 radical (unpaired) electrons. The highest BCUT2D eigenvalue weighted by molar-refractivity contribution is 6.30. The van der Waals surface area contributed by atoms with Gasteiger partial charge in [-0.3, -0.25) is 5.10 Å². The summed E-state index contributed by atoms with van der Waals surface area (Å²) in [6.07, 6.45) is 3.59. The second kappa shape index (κ2) is 3.62. The molecular formula is C10H8ClN2. The van der Waals surface area contributed by atoms with E-state index in [0.717, 1.165) is 12.0 Å². The average Bonchev–Trinajstić information content (AvgIpc) is 2.54. The maximum atomic E-state index is 5.84. The van der Waals surface area contributed by atoms with Gasteiger partial charge in [0.05, 0.1) is 0 Å². The Morgan fingerprint density at radius 3 is 2.69 bits per heavy atom. The Hall–Kier alpha value is -1.28. The molecule has 3 heteroatoms. The third-order valence-corrected chi connectivity index (χ3v) is 2.15. The van der Waals surface area contributed by atoms with E-state index in [4.69, 9.17) is 11.6 Å². The Balaban J connectivity index is 2.20. The van der Waals surface area contributed by atoms with E-state index in [0.29, 0.717) is 5.15 Å². The van der Waals surface area contributed by atoms with Crippen LogP contribution >= 0.6 is 11.6 Å². The fourth-order valence-corrected chi connectivity index (χ4v) is 1.33. The van der Waals surface area contributed by atoms with Crippen LogP contribution in [0.2, 0.25) is 5.15 Å². The number of aromatic nitrogens is 2. The molecule has 13 heavy (non-hydrogen) atoms. The SMILES string of the molecule is Clc1[nH]n[c]c1Cc1ccccc1. The van der Waals surface area contributed by atoms with E-state index < -0.39 is 0 Å². The first-order valence-corrected chi connectivity index (χ1v) is 4.38. The van der Waals surface area contributed by atoms with Crippen molar-refractivity contribution in [1.29, 1.82) is 0 Å². The summed E-state index contributed by atoms with van der Waals surface area (Å²) in [5, 5.41) is 6.96. The van der Waals surface area contributed by atoms with Gasteiger partial charge in [-0.1, -0.05) is 41.9 Å². The van der Waals surface area contributed by atoms with Crippen LogP contribution in [0, 0.1) is 6.20 Å². The number of nitrogens with zero attached hydrogens (tertiary/aromatic N) is 1. The highest BCUT2D eigenvalue weighted by Crippen LogP contribution is 2.14. The van der Waals surface area contributed by atoms with Crippen molar-refractivity contribution in [2.45, 2.75) is 6.42 Å². The fourth-order valence-electron chi connectivity index (χ4n) is 1.18. The number of rotatable bonds is 2. The van der Waals surface area contributed by atoms with E-state index in [-0.39, 0.29) is 0 Å². The molecule has 1 aromatic heterocycles. The fraction of sp³-hybridized carbons (Fsp3) is 0.100. The predicted molar refractivity (Wildman–Crippen MR) is 51.7 cm³/mol. The number of aromatic amines is 1. The number of nitrogens with one attached hydrogen (secondary N) is 1. The lowest BCUT2D eigenvalue weighted by molar-refractivity contribution is 1.08. The molecule has 0 fully saturated rings. The smallest absolute Gasteiger partial charge is 0.128 e. The normalized spacial score (nSPS) is 10.2. The van der Waals surface area contributed by atoms with Gasteiger partial charge in [0.1, 0.15) is 11.3 Å². The van der Waals surface area contributed by atoms with Crippen LogP contribution in [-0.4, -0.2) is 10.2 Å². The van der Waals surface area contributed by atoms with Crippen LogP contribution in [0.3, 0.4) is 0 Å². The van der Waals surface area contributed by atoms with E-state index in [1.807, 2.05) is 18.2 Å². The van der Waals surface area contributed by atoms with E-state index in [9.17, 15) is 0 Å². The molecule has 0 unspecified atom stereocenters. The molecule has 0 saturated carbocycles. The molecule has 1 heterocycles. The summed E-state index contributed by atoms with van der Waals surface area (Å²) in [6, 6.07) is 10.1. The second-order valence-electron chi connectivity index (χ2n) is 2.79. The third kappa shape index (κ3) is 1.90. The van der Waals surface area contributed by atoms with E-state index in [1.54, 1.807) is 0 Å². The van der Waals surface area contributed by atoms with Crippen molar-refractivity contribution < 1.29 is 0 Å². The molecule has 0 saturated heterocycles. The number of benzene rings is 1. The zero-order valence-electron chi connectivity index (χ0n) is 6.92. The number of hydrogen-bond acceptors (Lipinski definition) is 1. The Morgan fingerprint density at radius 1 is 1.31 bits per heavy atom. The van der Waals surface area contributed by atoms with Crippen molar-refractivity contribution in [2.24, 2.45) is 0 Å². The molecule has 1 aromatic carbocycles. The molecule has 0 aliphatic carbocycles. The van der Waals surface area contributed by atoms with Crippen molar-refractivity contribution in [3.63, 3.8) is 0 Å². The van der Waals surface area contributed by atoms with Crippen LogP contribution in [0.15, 0.2) is 30.3 Å². The van der Waals surface area contributed by atoms with Crippen LogP contribution in [0.1, 0.15) is 11.1 Å². The lowest BCUT2D eigenvalue weighted by Crippen LogP contribution is -1.85. The molecule has 65 valence electrons. The molecule has 1 N–H and O–H groups in total. The van der Waals surface area contributed by atoms with Gasteiger partial charge in [0, 0.05) is 12.0 Å². The molecule has 2 aromatic rings. The second-order valence-corrected chi connectivity index (χ2v) is 3.17. The highest BCUT2D eigenvalue weighted by atomic mass is 35.5. The van der Waals surface area contributed by atoms with Crippen LogP contribution < -0.4 is 0 Å². The van der Waals surface area contributed by atoms with Crippen molar-refractivity contribution >= 4 is 11.6 Å². The van der Waals surface area contributed by atoms with Crippen LogP contribution in [0.25, 0.3) is 0 Å². The zero-order chi connectivity index (χ0) is 9.10. The van der Waals surface area contributed by atoms with Gasteiger partial charge in [0.15, 0.2) is 0 Å². The first kappa shape index (κ1) is 8.32. The quantitative estimate of drug-likeness (QED) is 0.776. The van der Waals surface area contributed by atoms with E-state index in [2.05, 4.69) is 28.5 Å². The van der Waals surface area contributed by atoms with Crippen LogP contribution in [0.4, 0.5) is 0 Å². The summed E-state index contributed by atoms with van der Waals surface area (Å²) in [5.74, 6) is 0. The minimum Gasteiger partial charge on any atom is -0.266 e. The Morgan fingerprint density at radius 2 is 2.08 bits per heavy atom.